The fraction of sp³-hybridized carbons (Fsp3) is 0.200. The Hall–Kier alpha value is -2.54. The minimum Gasteiger partial charge on any atom is -0.333 e. The van der Waals surface area contributed by atoms with E-state index in [1.54, 1.807) is 12.5 Å². The van der Waals surface area contributed by atoms with Gasteiger partial charge in [-0.15, -0.1) is 5.10 Å². The number of carbonyl (C=O) groups is 1. The van der Waals surface area contributed by atoms with Crippen molar-refractivity contribution < 1.29 is 4.79 Å². The van der Waals surface area contributed by atoms with Crippen molar-refractivity contribution >= 4 is 23.1 Å². The second kappa shape index (κ2) is 6.48. The van der Waals surface area contributed by atoms with Gasteiger partial charge in [-0.25, -0.2) is 4.98 Å². The lowest BCUT2D eigenvalue weighted by Gasteiger charge is -2.07. The highest BCUT2D eigenvalue weighted by Gasteiger charge is 2.15. The largest absolute Gasteiger partial charge is 0.333 e. The number of anilines is 1. The van der Waals surface area contributed by atoms with Crippen molar-refractivity contribution in [1.82, 2.24) is 19.1 Å². The molecule has 0 aliphatic heterocycles. The Labute approximate surface area is 132 Å². The summed E-state index contributed by atoms with van der Waals surface area (Å²) in [4.78, 5) is 16.9. The van der Waals surface area contributed by atoms with Gasteiger partial charge in [-0.3, -0.25) is 4.79 Å². The van der Waals surface area contributed by atoms with Gasteiger partial charge < -0.3 is 9.88 Å². The highest BCUT2D eigenvalue weighted by molar-refractivity contribution is 7.08. The van der Waals surface area contributed by atoms with E-state index in [1.807, 2.05) is 42.0 Å². The second-order valence-electron chi connectivity index (χ2n) is 4.79. The molecule has 112 valence electrons. The predicted octanol–water partition coefficient (Wildman–Crippen LogP) is 2.60. The van der Waals surface area contributed by atoms with Gasteiger partial charge in [0, 0.05) is 24.6 Å². The fourth-order valence-corrected chi connectivity index (χ4v) is 2.78. The molecule has 6 nitrogen and oxygen atoms in total. The zero-order valence-corrected chi connectivity index (χ0v) is 12.9. The van der Waals surface area contributed by atoms with Crippen LogP contribution in [0.15, 0.2) is 43.0 Å². The molecule has 0 saturated carbocycles. The molecule has 0 spiro atoms. The van der Waals surface area contributed by atoms with Gasteiger partial charge in [-0.1, -0.05) is 23.5 Å². The van der Waals surface area contributed by atoms with Crippen LogP contribution in [0, 0.1) is 0 Å². The Bertz CT molecular complexity index is 766. The van der Waals surface area contributed by atoms with Gasteiger partial charge in [0.25, 0.3) is 5.91 Å². The Morgan fingerprint density at radius 2 is 2.32 bits per heavy atom. The summed E-state index contributed by atoms with van der Waals surface area (Å²) in [5.74, 6) is -0.161. The molecule has 0 radical (unpaired) electrons. The molecular formula is C15H15N5OS. The minimum atomic E-state index is -0.161. The van der Waals surface area contributed by atoms with Crippen molar-refractivity contribution in [2.75, 3.05) is 5.32 Å². The number of rotatable bonds is 5. The zero-order chi connectivity index (χ0) is 15.4. The normalized spacial score (nSPS) is 10.6. The standard InChI is InChI=1S/C15H15N5OS/c1-2-13-14(22-19-18-13)15(21)17-12-5-3-4-11(8-12)9-20-7-6-16-10-20/h3-8,10H,2,9H2,1H3,(H,17,21). The molecule has 0 aliphatic carbocycles. The van der Waals surface area contributed by atoms with Crippen molar-refractivity contribution in [2.24, 2.45) is 0 Å². The average molecular weight is 313 g/mol. The van der Waals surface area contributed by atoms with Crippen molar-refractivity contribution in [3.05, 3.63) is 59.1 Å². The zero-order valence-electron chi connectivity index (χ0n) is 12.1. The molecule has 0 fully saturated rings. The van der Waals surface area contributed by atoms with E-state index in [0.29, 0.717) is 17.8 Å². The molecular weight excluding hydrogens is 298 g/mol. The summed E-state index contributed by atoms with van der Waals surface area (Å²) in [7, 11) is 0. The number of hydrogen-bond donors (Lipinski definition) is 1. The van der Waals surface area contributed by atoms with Gasteiger partial charge in [-0.2, -0.15) is 0 Å². The van der Waals surface area contributed by atoms with Crippen molar-refractivity contribution in [3.63, 3.8) is 0 Å². The summed E-state index contributed by atoms with van der Waals surface area (Å²) in [6.45, 7) is 2.67. The molecule has 7 heteroatoms. The Kier molecular flexibility index (Phi) is 4.24. The molecule has 3 aromatic rings. The van der Waals surface area contributed by atoms with E-state index in [0.717, 1.165) is 28.5 Å². The van der Waals surface area contributed by atoms with Crippen molar-refractivity contribution in [2.45, 2.75) is 19.9 Å². The Balaban J connectivity index is 1.74. The topological polar surface area (TPSA) is 72.7 Å². The third kappa shape index (κ3) is 3.20. The van der Waals surface area contributed by atoms with Crippen molar-refractivity contribution in [3.8, 4) is 0 Å². The third-order valence-corrected chi connectivity index (χ3v) is 3.97. The van der Waals surface area contributed by atoms with Crippen LogP contribution in [0.2, 0.25) is 0 Å². The van der Waals surface area contributed by atoms with Gasteiger partial charge >= 0.3 is 0 Å². The van der Waals surface area contributed by atoms with Crippen LogP contribution in [0.5, 0.6) is 0 Å². The van der Waals surface area contributed by atoms with E-state index in [9.17, 15) is 4.79 Å². The molecule has 22 heavy (non-hydrogen) atoms. The maximum absolute atomic E-state index is 12.3. The molecule has 2 heterocycles. The summed E-state index contributed by atoms with van der Waals surface area (Å²) >= 11 is 1.12. The van der Waals surface area contributed by atoms with Gasteiger partial charge in [0.05, 0.1) is 12.0 Å². The first-order valence-corrected chi connectivity index (χ1v) is 7.71. The molecule has 0 atom stereocenters. The second-order valence-corrected chi connectivity index (χ2v) is 5.55. The third-order valence-electron chi connectivity index (χ3n) is 3.21. The number of hydrogen-bond acceptors (Lipinski definition) is 5. The predicted molar refractivity (Wildman–Crippen MR) is 85.0 cm³/mol. The maximum atomic E-state index is 12.3. The van der Waals surface area contributed by atoms with Crippen LogP contribution in [0.25, 0.3) is 0 Å². The van der Waals surface area contributed by atoms with E-state index in [1.165, 1.54) is 0 Å². The van der Waals surface area contributed by atoms with E-state index < -0.39 is 0 Å². The number of aryl methyl sites for hydroxylation is 1. The Morgan fingerprint density at radius 3 is 3.09 bits per heavy atom. The lowest BCUT2D eigenvalue weighted by atomic mass is 10.2. The van der Waals surface area contributed by atoms with Gasteiger partial charge in [0.15, 0.2) is 0 Å². The van der Waals surface area contributed by atoms with Gasteiger partial charge in [0.1, 0.15) is 4.88 Å². The highest BCUT2D eigenvalue weighted by atomic mass is 32.1. The molecule has 2 aromatic heterocycles. The number of nitrogens with one attached hydrogen (secondary N) is 1. The van der Waals surface area contributed by atoms with E-state index >= 15 is 0 Å². The van der Waals surface area contributed by atoms with E-state index in [-0.39, 0.29) is 5.91 Å². The fourth-order valence-electron chi connectivity index (χ4n) is 2.14. The SMILES string of the molecule is CCc1nnsc1C(=O)Nc1cccc(Cn2ccnc2)c1. The molecule has 0 unspecified atom stereocenters. The van der Waals surface area contributed by atoms with Gasteiger partial charge in [0.2, 0.25) is 0 Å². The molecule has 3 rings (SSSR count). The van der Waals surface area contributed by atoms with Crippen LogP contribution < -0.4 is 5.32 Å². The number of imidazole rings is 1. The quantitative estimate of drug-likeness (QED) is 0.786. The van der Waals surface area contributed by atoms with Crippen LogP contribution in [-0.2, 0) is 13.0 Å². The van der Waals surface area contributed by atoms with Crippen LogP contribution in [0.1, 0.15) is 27.9 Å². The molecule has 0 saturated heterocycles. The minimum absolute atomic E-state index is 0.161. The number of nitrogens with zero attached hydrogens (tertiary/aromatic N) is 4. The number of amides is 1. The van der Waals surface area contributed by atoms with Crippen LogP contribution in [0.3, 0.4) is 0 Å². The highest BCUT2D eigenvalue weighted by Crippen LogP contribution is 2.16. The summed E-state index contributed by atoms with van der Waals surface area (Å²) in [6.07, 6.45) is 6.11. The summed E-state index contributed by atoms with van der Waals surface area (Å²) in [5, 5.41) is 6.87. The van der Waals surface area contributed by atoms with E-state index in [4.69, 9.17) is 0 Å². The Morgan fingerprint density at radius 1 is 1.41 bits per heavy atom. The average Bonchev–Trinajstić information content (AvgIpc) is 3.18. The van der Waals surface area contributed by atoms with Crippen LogP contribution >= 0.6 is 11.5 Å². The molecule has 1 aromatic carbocycles. The first-order chi connectivity index (χ1) is 10.8. The molecule has 0 bridgehead atoms. The summed E-state index contributed by atoms with van der Waals surface area (Å²) in [6, 6.07) is 7.77. The number of benzene rings is 1. The van der Waals surface area contributed by atoms with E-state index in [2.05, 4.69) is 19.9 Å². The summed E-state index contributed by atoms with van der Waals surface area (Å²) in [5.41, 5.74) is 2.59. The maximum Gasteiger partial charge on any atom is 0.269 e. The first kappa shape index (κ1) is 14.4. The molecule has 0 aliphatic rings. The summed E-state index contributed by atoms with van der Waals surface area (Å²) < 4.78 is 5.82. The lowest BCUT2D eigenvalue weighted by Crippen LogP contribution is -2.12. The number of carbonyl (C=O) groups excluding carboxylic acids is 1. The molecule has 1 N–H and O–H groups in total. The smallest absolute Gasteiger partial charge is 0.269 e. The lowest BCUT2D eigenvalue weighted by molar-refractivity contribution is 0.102. The monoisotopic (exact) mass is 313 g/mol. The van der Waals surface area contributed by atoms with Gasteiger partial charge in [-0.05, 0) is 35.6 Å². The van der Waals surface area contributed by atoms with Crippen LogP contribution in [-0.4, -0.2) is 25.0 Å². The first-order valence-electron chi connectivity index (χ1n) is 6.93. The van der Waals surface area contributed by atoms with Crippen LogP contribution in [0.4, 0.5) is 5.69 Å². The molecule has 1 amide bonds. The number of aromatic nitrogens is 4. The van der Waals surface area contributed by atoms with Crippen molar-refractivity contribution in [1.29, 1.82) is 0 Å².